The minimum atomic E-state index is -1.11. The summed E-state index contributed by atoms with van der Waals surface area (Å²) >= 11 is 0. The van der Waals surface area contributed by atoms with Gasteiger partial charge in [-0.3, -0.25) is 9.59 Å². The number of ether oxygens (including phenoxy) is 1. The summed E-state index contributed by atoms with van der Waals surface area (Å²) in [7, 11) is 1.30. The molecule has 3 N–H and O–H groups in total. The van der Waals surface area contributed by atoms with E-state index in [0.717, 1.165) is 21.7 Å². The number of nitrogens with zero attached hydrogens (tertiary/aromatic N) is 4. The van der Waals surface area contributed by atoms with Gasteiger partial charge in [0, 0.05) is 17.3 Å². The van der Waals surface area contributed by atoms with Crippen LogP contribution in [0.2, 0.25) is 0 Å². The van der Waals surface area contributed by atoms with Gasteiger partial charge in [-0.25, -0.2) is 14.3 Å². The Balaban J connectivity index is 1.90. The number of nitrogens with one attached hydrogen (secondary N) is 1. The summed E-state index contributed by atoms with van der Waals surface area (Å²) in [5, 5.41) is 9.03. The predicted molar refractivity (Wildman–Crippen MR) is 106 cm³/mol. The molecule has 3 rings (SSSR count). The number of hydrogen-bond donors (Lipinski definition) is 2. The largest absolute Gasteiger partial charge is 0.465 e. The van der Waals surface area contributed by atoms with Crippen LogP contribution >= 0.6 is 0 Å². The van der Waals surface area contributed by atoms with Crippen LogP contribution in [0.5, 0.6) is 0 Å². The minimum Gasteiger partial charge on any atom is -0.465 e. The van der Waals surface area contributed by atoms with Crippen LogP contribution in [0, 0.1) is 11.8 Å². The molecule has 0 spiro atoms. The van der Waals surface area contributed by atoms with E-state index in [-0.39, 0.29) is 22.9 Å². The molecule has 1 atom stereocenters. The average molecular weight is 410 g/mol. The van der Waals surface area contributed by atoms with Crippen molar-refractivity contribution in [2.24, 2.45) is 5.18 Å². The highest BCUT2D eigenvalue weighted by Crippen LogP contribution is 2.20. The number of benzene rings is 1. The van der Waals surface area contributed by atoms with Crippen LogP contribution in [0.3, 0.4) is 0 Å². The number of carbonyl (C=O) groups excluding carboxylic acids is 3. The Hall–Kier alpha value is -4.15. The number of esters is 1. The van der Waals surface area contributed by atoms with E-state index in [4.69, 9.17) is 10.5 Å². The molecule has 0 saturated carbocycles. The van der Waals surface area contributed by atoms with Crippen LogP contribution in [-0.2, 0) is 4.74 Å². The highest BCUT2D eigenvalue weighted by molar-refractivity contribution is 5.98. The third kappa shape index (κ3) is 3.85. The molecule has 154 valence electrons. The quantitative estimate of drug-likeness (QED) is 0.476. The molecule has 0 fully saturated rings. The number of hydrogen-bond acceptors (Lipinski definition) is 8. The summed E-state index contributed by atoms with van der Waals surface area (Å²) in [6.07, 6.45) is 0. The van der Waals surface area contributed by atoms with Gasteiger partial charge in [0.1, 0.15) is 17.2 Å². The predicted octanol–water partition coefficient (Wildman–Crippen LogP) is 1.80. The van der Waals surface area contributed by atoms with Gasteiger partial charge in [-0.2, -0.15) is 0 Å². The van der Waals surface area contributed by atoms with Gasteiger partial charge in [0.05, 0.1) is 18.7 Å². The van der Waals surface area contributed by atoms with E-state index in [1.54, 1.807) is 32.0 Å². The molecule has 0 saturated heterocycles. The van der Waals surface area contributed by atoms with E-state index in [2.05, 4.69) is 20.6 Å². The van der Waals surface area contributed by atoms with Crippen LogP contribution < -0.4 is 11.1 Å². The highest BCUT2D eigenvalue weighted by Gasteiger charge is 2.21. The maximum atomic E-state index is 12.7. The number of amides is 2. The van der Waals surface area contributed by atoms with Gasteiger partial charge in [-0.05, 0) is 37.1 Å². The molecule has 2 heterocycles. The number of aryl methyl sites for hydroxylation is 1. The fourth-order valence-electron chi connectivity index (χ4n) is 3.06. The zero-order chi connectivity index (χ0) is 22.0. The first kappa shape index (κ1) is 20.6. The van der Waals surface area contributed by atoms with Crippen molar-refractivity contribution >= 4 is 29.2 Å². The lowest BCUT2D eigenvalue weighted by Gasteiger charge is -2.17. The maximum absolute atomic E-state index is 12.7. The highest BCUT2D eigenvalue weighted by atomic mass is 16.5. The zero-order valence-electron chi connectivity index (χ0n) is 16.4. The molecule has 0 aliphatic heterocycles. The molecular formula is C19H18N6O5. The Morgan fingerprint density at radius 3 is 2.60 bits per heavy atom. The number of nitroso groups, excluding NO2 is 1. The summed E-state index contributed by atoms with van der Waals surface area (Å²) in [6.45, 7) is 3.56. The smallest absolute Gasteiger partial charge is 0.337 e. The van der Waals surface area contributed by atoms with Crippen molar-refractivity contribution in [1.82, 2.24) is 19.9 Å². The van der Waals surface area contributed by atoms with Crippen molar-refractivity contribution in [3.8, 4) is 0 Å². The average Bonchev–Trinajstić information content (AvgIpc) is 3.11. The number of carbonyl (C=O) groups is 3. The molecule has 1 aromatic carbocycles. The van der Waals surface area contributed by atoms with Crippen LogP contribution in [0.1, 0.15) is 55.4 Å². The fraction of sp³-hybridized carbons (Fsp3) is 0.211. The monoisotopic (exact) mass is 410 g/mol. The third-order valence-electron chi connectivity index (χ3n) is 4.49. The zero-order valence-corrected chi connectivity index (χ0v) is 16.4. The fourth-order valence-corrected chi connectivity index (χ4v) is 3.06. The molecule has 0 radical (unpaired) electrons. The van der Waals surface area contributed by atoms with Crippen molar-refractivity contribution in [2.75, 3.05) is 12.8 Å². The van der Waals surface area contributed by atoms with E-state index >= 15 is 0 Å². The summed E-state index contributed by atoms with van der Waals surface area (Å²) < 4.78 is 5.75. The number of aromatic nitrogens is 3. The number of fused-ring (bicyclic) bond motifs is 1. The standard InChI is InChI=1S/C19H18N6O5/c1-9-6-11(19(28)30-3)4-5-12(9)10(2)21-17(26)13-7-14(18(27)24-29)25-16(22-13)8-15(20)23-25/h4-8,10H,1-3H3,(H2,20,23)(H,21,26)/t10-/m0/s1. The van der Waals surface area contributed by atoms with E-state index < -0.39 is 23.8 Å². The molecule has 11 nitrogen and oxygen atoms in total. The SMILES string of the molecule is COC(=O)c1ccc([C@H](C)NC(=O)c2cc(C(=O)N=O)n3nc(N)cc3n2)c(C)c1. The van der Waals surface area contributed by atoms with Crippen molar-refractivity contribution in [3.05, 3.63) is 63.3 Å². The Bertz CT molecular complexity index is 1190. The third-order valence-corrected chi connectivity index (χ3v) is 4.49. The molecule has 0 unspecified atom stereocenters. The molecule has 0 bridgehead atoms. The van der Waals surface area contributed by atoms with Gasteiger partial charge in [0.2, 0.25) is 0 Å². The van der Waals surface area contributed by atoms with Crippen molar-refractivity contribution in [2.45, 2.75) is 19.9 Å². The summed E-state index contributed by atoms with van der Waals surface area (Å²) in [5.74, 6) is -2.09. The molecule has 11 heteroatoms. The van der Waals surface area contributed by atoms with E-state index in [0.29, 0.717) is 5.56 Å². The Kier molecular flexibility index (Phi) is 5.54. The molecule has 3 aromatic rings. The number of anilines is 1. The van der Waals surface area contributed by atoms with Crippen LogP contribution in [0.15, 0.2) is 35.5 Å². The van der Waals surface area contributed by atoms with Crippen LogP contribution in [0.4, 0.5) is 5.82 Å². The van der Waals surface area contributed by atoms with Crippen LogP contribution in [0.25, 0.3) is 5.65 Å². The lowest BCUT2D eigenvalue weighted by Crippen LogP contribution is -2.28. The Morgan fingerprint density at radius 2 is 1.97 bits per heavy atom. The number of nitrogen functional groups attached to an aromatic ring is 1. The summed E-state index contributed by atoms with van der Waals surface area (Å²) in [6, 6.07) is 7.01. The number of nitrogens with two attached hydrogens (primary N) is 1. The van der Waals surface area contributed by atoms with Gasteiger partial charge >= 0.3 is 11.9 Å². The molecular weight excluding hydrogens is 392 g/mol. The second-order valence-electron chi connectivity index (χ2n) is 6.52. The number of rotatable bonds is 5. The molecule has 0 aliphatic rings. The Morgan fingerprint density at radius 1 is 1.23 bits per heavy atom. The maximum Gasteiger partial charge on any atom is 0.337 e. The lowest BCUT2D eigenvalue weighted by molar-refractivity contribution is 0.0600. The molecule has 30 heavy (non-hydrogen) atoms. The van der Waals surface area contributed by atoms with Crippen LogP contribution in [-0.4, -0.2) is 39.5 Å². The summed E-state index contributed by atoms with van der Waals surface area (Å²) in [4.78, 5) is 51.1. The van der Waals surface area contributed by atoms with Gasteiger partial charge in [-0.1, -0.05) is 6.07 Å². The normalized spacial score (nSPS) is 11.7. The summed E-state index contributed by atoms with van der Waals surface area (Å²) in [5.41, 5.74) is 7.35. The van der Waals surface area contributed by atoms with Gasteiger partial charge in [0.15, 0.2) is 5.65 Å². The van der Waals surface area contributed by atoms with E-state index in [1.807, 2.05) is 0 Å². The van der Waals surface area contributed by atoms with Gasteiger partial charge < -0.3 is 15.8 Å². The first-order valence-corrected chi connectivity index (χ1v) is 8.79. The lowest BCUT2D eigenvalue weighted by atomic mass is 9.99. The van der Waals surface area contributed by atoms with Crippen molar-refractivity contribution in [1.29, 1.82) is 0 Å². The molecule has 2 aromatic heterocycles. The van der Waals surface area contributed by atoms with E-state index in [9.17, 15) is 19.3 Å². The topological polar surface area (TPSA) is 158 Å². The number of methoxy groups -OCH3 is 1. The second kappa shape index (κ2) is 8.07. The first-order valence-electron chi connectivity index (χ1n) is 8.79. The minimum absolute atomic E-state index is 0.0645. The van der Waals surface area contributed by atoms with Crippen molar-refractivity contribution < 1.29 is 19.1 Å². The van der Waals surface area contributed by atoms with Gasteiger partial charge in [-0.15, -0.1) is 10.0 Å². The molecule has 0 aliphatic carbocycles. The first-order chi connectivity index (χ1) is 14.2. The van der Waals surface area contributed by atoms with Gasteiger partial charge in [0.25, 0.3) is 5.91 Å². The van der Waals surface area contributed by atoms with Crippen molar-refractivity contribution in [3.63, 3.8) is 0 Å². The van der Waals surface area contributed by atoms with E-state index in [1.165, 1.54) is 13.2 Å². The molecule has 2 amide bonds. The second-order valence-corrected chi connectivity index (χ2v) is 6.52. The Labute approximate surface area is 170 Å².